The third-order valence-electron chi connectivity index (χ3n) is 2.48. The van der Waals surface area contributed by atoms with Gasteiger partial charge in [-0.25, -0.2) is 5.01 Å². The number of ketones is 1. The predicted octanol–water partition coefficient (Wildman–Crippen LogP) is 0.851. The average Bonchev–Trinajstić information content (AvgIpc) is 2.47. The first kappa shape index (κ1) is 12.7. The van der Waals surface area contributed by atoms with Crippen LogP contribution < -0.4 is 0 Å². The van der Waals surface area contributed by atoms with Crippen molar-refractivity contribution in [3.8, 4) is 0 Å². The highest BCUT2D eigenvalue weighted by Crippen LogP contribution is 2.19. The van der Waals surface area contributed by atoms with Gasteiger partial charge in [-0.2, -0.15) is 0 Å². The molecule has 0 unspecified atom stereocenters. The highest BCUT2D eigenvalue weighted by atomic mass is 16.2. The molecule has 0 aromatic rings. The molecule has 0 N–H and O–H groups in total. The number of hydrogen-bond donors (Lipinski definition) is 0. The Kier molecular flexibility index (Phi) is 3.35. The number of hydrogen-bond acceptors (Lipinski definition) is 4. The Balaban J connectivity index is 3.04. The lowest BCUT2D eigenvalue weighted by molar-refractivity contribution is -0.143. The highest BCUT2D eigenvalue weighted by molar-refractivity contribution is 6.66. The van der Waals surface area contributed by atoms with E-state index in [0.717, 1.165) is 0 Å². The molecule has 1 rings (SSSR count). The summed E-state index contributed by atoms with van der Waals surface area (Å²) in [6, 6.07) is 0. The number of amides is 1. The van der Waals surface area contributed by atoms with Crippen LogP contribution in [-0.4, -0.2) is 46.1 Å². The lowest BCUT2D eigenvalue weighted by atomic mass is 10.1. The number of likely N-dealkylation sites (N-methyl/N-ethyl adjacent to an activating group) is 1. The van der Waals surface area contributed by atoms with E-state index >= 15 is 0 Å². The van der Waals surface area contributed by atoms with E-state index < -0.39 is 17.2 Å². The number of nitrogens with zero attached hydrogens (tertiary/aromatic N) is 3. The maximum absolute atomic E-state index is 11.8. The van der Waals surface area contributed by atoms with Gasteiger partial charge in [0.25, 0.3) is 5.78 Å². The summed E-state index contributed by atoms with van der Waals surface area (Å²) < 4.78 is 0. The standard InChI is InChI=1S/C11H19N3O2/c1-6-13(7-2)9-8(15)10(16)14(12-9)11(3,4)5/h6-7H2,1-5H3. The zero-order chi connectivity index (χ0) is 12.5. The third kappa shape index (κ3) is 2.08. The summed E-state index contributed by atoms with van der Waals surface area (Å²) >= 11 is 0. The first-order valence-corrected chi connectivity index (χ1v) is 5.55. The zero-order valence-electron chi connectivity index (χ0n) is 10.6. The lowest BCUT2D eigenvalue weighted by Gasteiger charge is -2.26. The van der Waals surface area contributed by atoms with Crippen molar-refractivity contribution in [3.63, 3.8) is 0 Å². The minimum Gasteiger partial charge on any atom is -0.352 e. The molecule has 0 radical (unpaired) electrons. The second kappa shape index (κ2) is 4.23. The van der Waals surface area contributed by atoms with Gasteiger partial charge in [0.15, 0.2) is 0 Å². The van der Waals surface area contributed by atoms with E-state index in [0.29, 0.717) is 13.1 Å². The van der Waals surface area contributed by atoms with Crippen LogP contribution in [0, 0.1) is 0 Å². The SMILES string of the molecule is CCN(CC)C1=NN(C(C)(C)C)C(=O)C1=O. The van der Waals surface area contributed by atoms with Crippen molar-refractivity contribution < 1.29 is 9.59 Å². The van der Waals surface area contributed by atoms with E-state index in [1.807, 2.05) is 34.6 Å². The molecule has 16 heavy (non-hydrogen) atoms. The summed E-state index contributed by atoms with van der Waals surface area (Å²) in [5.74, 6) is -0.766. The molecule has 0 fully saturated rings. The second-order valence-electron chi connectivity index (χ2n) is 4.71. The van der Waals surface area contributed by atoms with Gasteiger partial charge in [-0.15, -0.1) is 5.10 Å². The lowest BCUT2D eigenvalue weighted by Crippen LogP contribution is -2.42. The highest BCUT2D eigenvalue weighted by Gasteiger charge is 2.41. The molecular weight excluding hydrogens is 206 g/mol. The minimum atomic E-state index is -0.533. The van der Waals surface area contributed by atoms with Gasteiger partial charge in [-0.05, 0) is 34.6 Å². The molecule has 90 valence electrons. The Bertz CT molecular complexity index is 338. The van der Waals surface area contributed by atoms with Crippen LogP contribution in [0.25, 0.3) is 0 Å². The van der Waals surface area contributed by atoms with Gasteiger partial charge in [-0.3, -0.25) is 9.59 Å². The third-order valence-corrected chi connectivity index (χ3v) is 2.48. The van der Waals surface area contributed by atoms with E-state index in [4.69, 9.17) is 0 Å². The molecule has 0 bridgehead atoms. The Morgan fingerprint density at radius 3 is 2.00 bits per heavy atom. The molecule has 0 saturated carbocycles. The Morgan fingerprint density at radius 1 is 1.19 bits per heavy atom. The van der Waals surface area contributed by atoms with Crippen molar-refractivity contribution in [2.75, 3.05) is 13.1 Å². The smallest absolute Gasteiger partial charge is 0.318 e. The molecule has 0 saturated heterocycles. The Hall–Kier alpha value is -1.39. The summed E-state index contributed by atoms with van der Waals surface area (Å²) in [5.41, 5.74) is -0.457. The summed E-state index contributed by atoms with van der Waals surface area (Å²) in [6.07, 6.45) is 0. The van der Waals surface area contributed by atoms with Crippen molar-refractivity contribution in [1.29, 1.82) is 0 Å². The number of carbonyl (C=O) groups is 2. The molecule has 1 aliphatic rings. The van der Waals surface area contributed by atoms with Crippen LogP contribution in [0.5, 0.6) is 0 Å². The molecule has 0 aliphatic carbocycles. The summed E-state index contributed by atoms with van der Waals surface area (Å²) in [4.78, 5) is 25.3. The van der Waals surface area contributed by atoms with E-state index in [1.54, 1.807) is 4.90 Å². The van der Waals surface area contributed by atoms with Gasteiger partial charge in [0, 0.05) is 13.1 Å². The van der Waals surface area contributed by atoms with Crippen molar-refractivity contribution in [2.45, 2.75) is 40.2 Å². The summed E-state index contributed by atoms with van der Waals surface area (Å²) in [7, 11) is 0. The van der Waals surface area contributed by atoms with Crippen LogP contribution in [0.1, 0.15) is 34.6 Å². The fraction of sp³-hybridized carbons (Fsp3) is 0.727. The van der Waals surface area contributed by atoms with Gasteiger partial charge >= 0.3 is 5.91 Å². The van der Waals surface area contributed by atoms with E-state index in [-0.39, 0.29) is 5.84 Å². The predicted molar refractivity (Wildman–Crippen MR) is 62.0 cm³/mol. The maximum atomic E-state index is 11.8. The van der Waals surface area contributed by atoms with Gasteiger partial charge in [0.1, 0.15) is 0 Å². The fourth-order valence-electron chi connectivity index (χ4n) is 1.56. The zero-order valence-corrected chi connectivity index (χ0v) is 10.6. The topological polar surface area (TPSA) is 53.0 Å². The molecule has 1 heterocycles. The monoisotopic (exact) mass is 225 g/mol. The number of rotatable bonds is 2. The van der Waals surface area contributed by atoms with E-state index in [9.17, 15) is 9.59 Å². The number of carbonyl (C=O) groups excluding carboxylic acids is 2. The normalized spacial score (nSPS) is 16.8. The molecular formula is C11H19N3O2. The first-order valence-electron chi connectivity index (χ1n) is 5.55. The molecule has 5 nitrogen and oxygen atoms in total. The minimum absolute atomic E-state index is 0.268. The largest absolute Gasteiger partial charge is 0.352 e. The van der Waals surface area contributed by atoms with Crippen LogP contribution in [-0.2, 0) is 9.59 Å². The molecule has 1 amide bonds. The maximum Gasteiger partial charge on any atom is 0.318 e. The summed E-state index contributed by atoms with van der Waals surface area (Å²) in [5, 5.41) is 5.41. The van der Waals surface area contributed by atoms with Crippen LogP contribution in [0.2, 0.25) is 0 Å². The Labute approximate surface area is 96.1 Å². The molecule has 5 heteroatoms. The van der Waals surface area contributed by atoms with Crippen LogP contribution >= 0.6 is 0 Å². The fourth-order valence-corrected chi connectivity index (χ4v) is 1.56. The quantitative estimate of drug-likeness (QED) is 0.655. The average molecular weight is 225 g/mol. The van der Waals surface area contributed by atoms with E-state index in [1.165, 1.54) is 5.01 Å². The number of amidine groups is 1. The number of Topliss-reactive ketones (excluding diaryl/α,β-unsaturated/α-hetero) is 1. The van der Waals surface area contributed by atoms with E-state index in [2.05, 4.69) is 5.10 Å². The van der Waals surface area contributed by atoms with Gasteiger partial charge in [0.05, 0.1) is 5.54 Å². The number of hydrazone groups is 1. The molecule has 0 atom stereocenters. The first-order chi connectivity index (χ1) is 7.32. The van der Waals surface area contributed by atoms with Gasteiger partial charge in [-0.1, -0.05) is 0 Å². The van der Waals surface area contributed by atoms with Crippen molar-refractivity contribution in [1.82, 2.24) is 9.91 Å². The van der Waals surface area contributed by atoms with Crippen molar-refractivity contribution >= 4 is 17.5 Å². The molecule has 0 aromatic heterocycles. The van der Waals surface area contributed by atoms with Gasteiger partial charge < -0.3 is 4.90 Å². The van der Waals surface area contributed by atoms with Crippen molar-refractivity contribution in [2.24, 2.45) is 5.10 Å². The van der Waals surface area contributed by atoms with Gasteiger partial charge in [0.2, 0.25) is 5.84 Å². The summed E-state index contributed by atoms with van der Waals surface area (Å²) in [6.45, 7) is 10.8. The Morgan fingerprint density at radius 2 is 1.69 bits per heavy atom. The molecule has 0 spiro atoms. The van der Waals surface area contributed by atoms with Crippen LogP contribution in [0.3, 0.4) is 0 Å². The van der Waals surface area contributed by atoms with Crippen LogP contribution in [0.4, 0.5) is 0 Å². The molecule has 1 aliphatic heterocycles. The molecule has 0 aromatic carbocycles. The second-order valence-corrected chi connectivity index (χ2v) is 4.71. The van der Waals surface area contributed by atoms with Crippen LogP contribution in [0.15, 0.2) is 5.10 Å². The van der Waals surface area contributed by atoms with Crippen molar-refractivity contribution in [3.05, 3.63) is 0 Å².